The summed E-state index contributed by atoms with van der Waals surface area (Å²) in [6.45, 7) is 11.4. The van der Waals surface area contributed by atoms with E-state index in [1.54, 1.807) is 20.8 Å². The number of likely N-dealkylation sites (N-methyl/N-ethyl adjacent to an activating group) is 1. The molecule has 5 aromatic carbocycles. The minimum Gasteiger partial charge on any atom is -0.507 e. The van der Waals surface area contributed by atoms with Crippen LogP contribution in [0.2, 0.25) is 5.02 Å². The quantitative estimate of drug-likeness (QED) is 0.0560. The molecule has 0 saturated carbocycles. The minimum atomic E-state index is -2.24. The number of aliphatic hydroxyl groups is 6. The molecule has 5 aromatic rings. The molecule has 9 amide bonds. The maximum atomic E-state index is 16.1. The molecule has 0 aromatic heterocycles. The SMILES string of the molecule is CCCCCCNC(=O)Oc1cc(C)c2c(c1)[C@@H](C(=O)NC(C)C)NC(=O)[C@H]1NC(=O)[C@H](NC(=O)[C@@H]3NC(=O)[C@H](CC(N)=O)NC(=O)[C@H](NC(=O)[C@@H](CC(C)C)NC)[C@H](O)c4ccc(c(C)c4)Oc4cc3cc(c4O[C@@H]3O[C@H](CO)[C@@H](O)[C@H](O)[C@H]3O)Oc3ccc(cc3Cl)[C@H]1O)c1ccc(O)c-2c1. The Hall–Kier alpha value is -9.70. The molecular weight excluding hydrogens is 1360 g/mol. The van der Waals surface area contributed by atoms with E-state index in [9.17, 15) is 59.7 Å². The second-order valence-corrected chi connectivity index (χ2v) is 26.9. The summed E-state index contributed by atoms with van der Waals surface area (Å²) in [6.07, 6.45) is -12.0. The van der Waals surface area contributed by atoms with Gasteiger partial charge in [-0.25, -0.2) is 4.79 Å². The molecule has 1 saturated heterocycles. The van der Waals surface area contributed by atoms with Gasteiger partial charge in [0.15, 0.2) is 11.5 Å². The van der Waals surface area contributed by atoms with E-state index < -0.39 is 181 Å². The van der Waals surface area contributed by atoms with Crippen LogP contribution in [-0.2, 0) is 43.1 Å². The van der Waals surface area contributed by atoms with Gasteiger partial charge in [0.25, 0.3) is 0 Å². The van der Waals surface area contributed by atoms with E-state index in [0.29, 0.717) is 6.42 Å². The van der Waals surface area contributed by atoms with Gasteiger partial charge in [-0.15, -0.1) is 0 Å². The summed E-state index contributed by atoms with van der Waals surface area (Å²) in [5, 5.41) is 104. The van der Waals surface area contributed by atoms with Gasteiger partial charge >= 0.3 is 6.09 Å². The van der Waals surface area contributed by atoms with Gasteiger partial charge in [0.2, 0.25) is 59.3 Å². The maximum Gasteiger partial charge on any atom is 0.412 e. The second kappa shape index (κ2) is 33.6. The molecule has 32 heteroatoms. The Labute approximate surface area is 597 Å². The van der Waals surface area contributed by atoms with Crippen molar-refractivity contribution in [3.63, 3.8) is 0 Å². The number of carbonyl (C=O) groups is 9. The molecule has 11 rings (SSSR count). The molecule has 31 nitrogen and oxygen atoms in total. The molecule has 0 spiro atoms. The summed E-state index contributed by atoms with van der Waals surface area (Å²) in [5.74, 6) is -11.9. The van der Waals surface area contributed by atoms with Crippen LogP contribution in [0.4, 0.5) is 4.79 Å². The lowest BCUT2D eigenvalue weighted by Gasteiger charge is -2.39. The standard InChI is InChI=1S/C71H87ClN10O21/c1-9-10-11-12-19-75-71(98)99-38-22-33(7)51-39-23-34(13-16-44(39)84)52-65(93)82-56(69(97)80-54(40(51)27-38)67(95)76-31(4)5)58(87)36-15-18-46(41(72)24-36)101-48-26-37-25-47(62(48)103-70-61(90)60(89)59(88)49(29-83)102-70)100-45-17-14-35(21-32(45)6)57(86)55(81-63(91)42(74-8)20-30(2)3)68(96)77-43(28-50(73)85)64(92)78-53(37)66(94)79-52/h13-18,21-27,30-31,42-43,49,52-61,70,74,83-84,86-90H,9-12,19-20,28-29H2,1-8H3,(H2,73,85)(H,75,98)(H,76,95)(H,77,96)(H,78,92)(H,79,94)(H,80,97)(H,81,91)(H,82,93)/t42-,43+,49-,52-,53-,54+,55-,56+,57-,58-,59-,60+,61-,70+/m1/s1. The van der Waals surface area contributed by atoms with E-state index in [0.717, 1.165) is 43.5 Å². The molecule has 11 bridgehead atoms. The van der Waals surface area contributed by atoms with Crippen molar-refractivity contribution in [3.8, 4) is 51.4 Å². The molecule has 6 aliphatic rings. The number of aliphatic hydroxyl groups excluding tert-OH is 6. The summed E-state index contributed by atoms with van der Waals surface area (Å²) < 4.78 is 31.2. The minimum absolute atomic E-state index is 0.00357. The molecule has 554 valence electrons. The number of nitrogens with one attached hydrogen (secondary N) is 9. The van der Waals surface area contributed by atoms with Crippen LogP contribution in [0.3, 0.4) is 0 Å². The molecule has 6 heterocycles. The van der Waals surface area contributed by atoms with Crippen molar-refractivity contribution in [1.29, 1.82) is 0 Å². The van der Waals surface area contributed by atoms with Crippen LogP contribution >= 0.6 is 11.6 Å². The number of phenols is 1. The zero-order chi connectivity index (χ0) is 75.0. The van der Waals surface area contributed by atoms with Gasteiger partial charge in [-0.1, -0.05) is 69.8 Å². The van der Waals surface area contributed by atoms with Gasteiger partial charge in [0, 0.05) is 18.2 Å². The fourth-order valence-corrected chi connectivity index (χ4v) is 12.7. The molecule has 6 aliphatic heterocycles. The fourth-order valence-electron chi connectivity index (χ4n) is 12.5. The number of primary amides is 1. The van der Waals surface area contributed by atoms with E-state index in [2.05, 4.69) is 47.9 Å². The number of carbonyl (C=O) groups excluding carboxylic acids is 9. The number of nitrogens with two attached hydrogens (primary N) is 1. The van der Waals surface area contributed by atoms with E-state index >= 15 is 19.2 Å². The molecule has 0 unspecified atom stereocenters. The number of unbranched alkanes of at least 4 members (excludes halogenated alkanes) is 3. The van der Waals surface area contributed by atoms with Crippen molar-refractivity contribution >= 4 is 65.0 Å². The number of fused-ring (bicyclic) bond motifs is 15. The highest BCUT2D eigenvalue weighted by molar-refractivity contribution is 6.32. The molecule has 103 heavy (non-hydrogen) atoms. The number of phenolic OH excluding ortho intramolecular Hbond substituents is 1. The number of aryl methyl sites for hydroxylation is 2. The summed E-state index contributed by atoms with van der Waals surface area (Å²) >= 11 is 7.09. The van der Waals surface area contributed by atoms with Crippen LogP contribution in [0.15, 0.2) is 78.9 Å². The second-order valence-electron chi connectivity index (χ2n) is 26.5. The third-order valence-electron chi connectivity index (χ3n) is 17.8. The Morgan fingerprint density at radius 3 is 1.97 bits per heavy atom. The third kappa shape index (κ3) is 18.0. The lowest BCUT2D eigenvalue weighted by molar-refractivity contribution is -0.277. The van der Waals surface area contributed by atoms with E-state index in [4.69, 9.17) is 41.0 Å². The van der Waals surface area contributed by atoms with Gasteiger partial charge in [-0.3, -0.25) is 38.4 Å². The summed E-state index contributed by atoms with van der Waals surface area (Å²) in [5.41, 5.74) is 5.26. The largest absolute Gasteiger partial charge is 0.507 e. The zero-order valence-electron chi connectivity index (χ0n) is 57.7. The number of hydrogen-bond donors (Lipinski definition) is 17. The van der Waals surface area contributed by atoms with Crippen molar-refractivity contribution in [2.24, 2.45) is 11.7 Å². The predicted octanol–water partition coefficient (Wildman–Crippen LogP) is 2.53. The zero-order valence-corrected chi connectivity index (χ0v) is 58.5. The maximum absolute atomic E-state index is 16.1. The van der Waals surface area contributed by atoms with Crippen LogP contribution in [-0.4, -0.2) is 170 Å². The first-order valence-electron chi connectivity index (χ1n) is 33.7. The Kier molecular flexibility index (Phi) is 25.3. The first kappa shape index (κ1) is 77.5. The molecule has 0 radical (unpaired) electrons. The average Bonchev–Trinajstić information content (AvgIpc) is 0.766. The van der Waals surface area contributed by atoms with Crippen molar-refractivity contribution in [3.05, 3.63) is 123 Å². The Balaban J connectivity index is 1.30. The number of amides is 9. The normalized spacial score (nSPS) is 24.5. The molecular formula is C71H87ClN10O21. The van der Waals surface area contributed by atoms with Crippen molar-refractivity contribution in [1.82, 2.24) is 47.9 Å². The van der Waals surface area contributed by atoms with Crippen LogP contribution in [0.25, 0.3) is 11.1 Å². The first-order chi connectivity index (χ1) is 48.9. The van der Waals surface area contributed by atoms with E-state index in [1.807, 2.05) is 20.8 Å². The van der Waals surface area contributed by atoms with Gasteiger partial charge in [-0.2, -0.15) is 0 Å². The van der Waals surface area contributed by atoms with Crippen molar-refractivity contribution < 1.29 is 103 Å². The lowest BCUT2D eigenvalue weighted by Crippen LogP contribution is -2.60. The smallest absolute Gasteiger partial charge is 0.412 e. The number of benzene rings is 5. The fraction of sp³-hybridized carbons (Fsp3) is 0.451. The highest BCUT2D eigenvalue weighted by Gasteiger charge is 2.47. The highest BCUT2D eigenvalue weighted by Crippen LogP contribution is 2.49. The van der Waals surface area contributed by atoms with Crippen molar-refractivity contribution in [2.45, 2.75) is 178 Å². The van der Waals surface area contributed by atoms with Crippen LogP contribution in [0.1, 0.15) is 142 Å². The monoisotopic (exact) mass is 1450 g/mol. The summed E-state index contributed by atoms with van der Waals surface area (Å²) in [4.78, 5) is 133. The Morgan fingerprint density at radius 2 is 1.33 bits per heavy atom. The van der Waals surface area contributed by atoms with Gasteiger partial charge in [-0.05, 0) is 159 Å². The Morgan fingerprint density at radius 1 is 0.680 bits per heavy atom. The lowest BCUT2D eigenvalue weighted by atomic mass is 9.87. The first-order valence-corrected chi connectivity index (χ1v) is 34.1. The molecule has 14 atom stereocenters. The van der Waals surface area contributed by atoms with Gasteiger partial charge < -0.3 is 113 Å². The molecule has 1 fully saturated rings. The van der Waals surface area contributed by atoms with Gasteiger partial charge in [0.05, 0.1) is 24.1 Å². The summed E-state index contributed by atoms with van der Waals surface area (Å²) in [6, 6.07) is 2.37. The third-order valence-corrected chi connectivity index (χ3v) is 18.1. The van der Waals surface area contributed by atoms with Crippen LogP contribution in [0, 0.1) is 19.8 Å². The number of halogens is 1. The highest BCUT2D eigenvalue weighted by atomic mass is 35.5. The molecule has 0 aliphatic carbocycles. The topological polar surface area (TPSA) is 476 Å². The van der Waals surface area contributed by atoms with Crippen LogP contribution in [0.5, 0.6) is 40.2 Å². The average molecular weight is 1450 g/mol. The number of rotatable bonds is 18. The van der Waals surface area contributed by atoms with E-state index in [-0.39, 0.29) is 91.2 Å². The number of ether oxygens (including phenoxy) is 5. The molecule has 18 N–H and O–H groups in total. The van der Waals surface area contributed by atoms with Crippen molar-refractivity contribution in [2.75, 3.05) is 20.2 Å². The van der Waals surface area contributed by atoms with Gasteiger partial charge in [0.1, 0.15) is 95.9 Å². The van der Waals surface area contributed by atoms with Crippen LogP contribution < -0.4 is 72.5 Å². The number of hydrogen-bond acceptors (Lipinski definition) is 22. The Bertz CT molecular complexity index is 4050. The van der Waals surface area contributed by atoms with E-state index in [1.165, 1.54) is 68.6 Å². The predicted molar refractivity (Wildman–Crippen MR) is 368 cm³/mol. The number of aromatic hydroxyl groups is 1. The summed E-state index contributed by atoms with van der Waals surface area (Å²) in [7, 11) is 1.51.